The van der Waals surface area contributed by atoms with Gasteiger partial charge >= 0.3 is 0 Å². The Morgan fingerprint density at radius 1 is 1.54 bits per heavy atom. The van der Waals surface area contributed by atoms with Gasteiger partial charge in [-0.3, -0.25) is 4.90 Å². The molecule has 0 aliphatic carbocycles. The van der Waals surface area contributed by atoms with Crippen molar-refractivity contribution in [2.45, 2.75) is 20.0 Å². The first-order chi connectivity index (χ1) is 6.40. The standard InChI is InChI=1S/C9H12N4/c1-2-3-4-12-5-6-13-9(7-12)10-8-11-13/h8H,4-7H2,1H3. The number of fused-ring (bicyclic) bond motifs is 1. The molecule has 1 aromatic heterocycles. The van der Waals surface area contributed by atoms with E-state index in [1.165, 1.54) is 0 Å². The summed E-state index contributed by atoms with van der Waals surface area (Å²) in [4.78, 5) is 6.46. The number of aromatic nitrogens is 3. The van der Waals surface area contributed by atoms with Gasteiger partial charge in [0.05, 0.1) is 19.6 Å². The number of hydrogen-bond acceptors (Lipinski definition) is 3. The van der Waals surface area contributed by atoms with E-state index in [0.29, 0.717) is 0 Å². The van der Waals surface area contributed by atoms with Gasteiger partial charge in [-0.15, -0.1) is 5.92 Å². The molecular weight excluding hydrogens is 164 g/mol. The highest BCUT2D eigenvalue weighted by Crippen LogP contribution is 2.06. The Balaban J connectivity index is 2.03. The molecule has 0 bridgehead atoms. The van der Waals surface area contributed by atoms with Crippen molar-refractivity contribution in [2.75, 3.05) is 13.1 Å². The molecule has 0 amide bonds. The summed E-state index contributed by atoms with van der Waals surface area (Å²) in [7, 11) is 0. The molecule has 0 atom stereocenters. The molecule has 13 heavy (non-hydrogen) atoms. The fourth-order valence-corrected chi connectivity index (χ4v) is 1.44. The van der Waals surface area contributed by atoms with E-state index >= 15 is 0 Å². The van der Waals surface area contributed by atoms with E-state index < -0.39 is 0 Å². The Kier molecular flexibility index (Phi) is 2.28. The smallest absolute Gasteiger partial charge is 0.141 e. The lowest BCUT2D eigenvalue weighted by atomic mass is 10.3. The van der Waals surface area contributed by atoms with E-state index in [9.17, 15) is 0 Å². The van der Waals surface area contributed by atoms with Crippen molar-refractivity contribution in [1.29, 1.82) is 0 Å². The zero-order valence-corrected chi connectivity index (χ0v) is 7.69. The summed E-state index contributed by atoms with van der Waals surface area (Å²) in [5.41, 5.74) is 0. The Hall–Kier alpha value is -1.34. The quantitative estimate of drug-likeness (QED) is 0.570. The third-order valence-corrected chi connectivity index (χ3v) is 2.17. The monoisotopic (exact) mass is 176 g/mol. The minimum absolute atomic E-state index is 0.837. The van der Waals surface area contributed by atoms with Crippen LogP contribution in [0, 0.1) is 11.8 Å². The highest BCUT2D eigenvalue weighted by atomic mass is 15.4. The predicted octanol–water partition coefficient (Wildman–Crippen LogP) is 0.117. The van der Waals surface area contributed by atoms with Gasteiger partial charge in [0.2, 0.25) is 0 Å². The molecule has 0 saturated heterocycles. The summed E-state index contributed by atoms with van der Waals surface area (Å²) in [5.74, 6) is 7.00. The van der Waals surface area contributed by atoms with Crippen molar-refractivity contribution in [3.05, 3.63) is 12.2 Å². The van der Waals surface area contributed by atoms with Crippen molar-refractivity contribution in [1.82, 2.24) is 19.7 Å². The van der Waals surface area contributed by atoms with E-state index in [1.54, 1.807) is 6.33 Å². The van der Waals surface area contributed by atoms with Crippen molar-refractivity contribution in [2.24, 2.45) is 0 Å². The molecule has 0 saturated carbocycles. The minimum Gasteiger partial charge on any atom is -0.283 e. The second-order valence-corrected chi connectivity index (χ2v) is 3.04. The van der Waals surface area contributed by atoms with Crippen LogP contribution in [0.1, 0.15) is 12.7 Å². The molecule has 4 heteroatoms. The molecule has 1 aliphatic rings. The first-order valence-corrected chi connectivity index (χ1v) is 4.39. The van der Waals surface area contributed by atoms with Crippen LogP contribution in [-0.2, 0) is 13.1 Å². The second-order valence-electron chi connectivity index (χ2n) is 3.04. The zero-order chi connectivity index (χ0) is 9.10. The molecule has 1 aromatic rings. The lowest BCUT2D eigenvalue weighted by Crippen LogP contribution is -2.34. The summed E-state index contributed by atoms with van der Waals surface area (Å²) in [6.45, 7) is 5.52. The van der Waals surface area contributed by atoms with Crippen LogP contribution in [-0.4, -0.2) is 32.8 Å². The molecule has 0 unspecified atom stereocenters. The average Bonchev–Trinajstić information content (AvgIpc) is 2.61. The van der Waals surface area contributed by atoms with Gasteiger partial charge in [0.15, 0.2) is 0 Å². The maximum absolute atomic E-state index is 4.18. The Morgan fingerprint density at radius 3 is 3.31 bits per heavy atom. The fourth-order valence-electron chi connectivity index (χ4n) is 1.44. The number of nitrogens with zero attached hydrogens (tertiary/aromatic N) is 4. The maximum Gasteiger partial charge on any atom is 0.141 e. The summed E-state index contributed by atoms with van der Waals surface area (Å²) < 4.78 is 1.95. The molecule has 0 fully saturated rings. The third-order valence-electron chi connectivity index (χ3n) is 2.17. The molecule has 1 aliphatic heterocycles. The van der Waals surface area contributed by atoms with Crippen LogP contribution in [0.5, 0.6) is 0 Å². The van der Waals surface area contributed by atoms with Crippen molar-refractivity contribution < 1.29 is 0 Å². The van der Waals surface area contributed by atoms with Crippen LogP contribution in [0.15, 0.2) is 6.33 Å². The Morgan fingerprint density at radius 2 is 2.46 bits per heavy atom. The first-order valence-electron chi connectivity index (χ1n) is 4.39. The molecule has 0 spiro atoms. The molecule has 2 rings (SSSR count). The normalized spacial score (nSPS) is 16.1. The van der Waals surface area contributed by atoms with Crippen LogP contribution in [0.3, 0.4) is 0 Å². The highest BCUT2D eigenvalue weighted by Gasteiger charge is 2.15. The van der Waals surface area contributed by atoms with Crippen LogP contribution in [0.25, 0.3) is 0 Å². The zero-order valence-electron chi connectivity index (χ0n) is 7.69. The van der Waals surface area contributed by atoms with Crippen LogP contribution in [0.4, 0.5) is 0 Å². The topological polar surface area (TPSA) is 34.0 Å². The largest absolute Gasteiger partial charge is 0.283 e. The molecule has 0 radical (unpaired) electrons. The van der Waals surface area contributed by atoms with Crippen molar-refractivity contribution in [3.8, 4) is 11.8 Å². The van der Waals surface area contributed by atoms with Crippen LogP contribution < -0.4 is 0 Å². The summed E-state index contributed by atoms with van der Waals surface area (Å²) in [6, 6.07) is 0. The van der Waals surface area contributed by atoms with E-state index in [-0.39, 0.29) is 0 Å². The van der Waals surface area contributed by atoms with E-state index in [2.05, 4.69) is 26.8 Å². The SMILES string of the molecule is CC#CCN1CCn2ncnc2C1. The summed E-state index contributed by atoms with van der Waals surface area (Å²) in [6.07, 6.45) is 1.62. The highest BCUT2D eigenvalue weighted by molar-refractivity contribution is 4.99. The molecule has 2 heterocycles. The van der Waals surface area contributed by atoms with Gasteiger partial charge in [0.1, 0.15) is 12.2 Å². The lowest BCUT2D eigenvalue weighted by Gasteiger charge is -2.24. The number of rotatable bonds is 1. The average molecular weight is 176 g/mol. The van der Waals surface area contributed by atoms with Gasteiger partial charge < -0.3 is 0 Å². The van der Waals surface area contributed by atoms with Gasteiger partial charge in [-0.05, 0) is 6.92 Å². The van der Waals surface area contributed by atoms with Crippen LogP contribution >= 0.6 is 0 Å². The predicted molar refractivity (Wildman–Crippen MR) is 48.7 cm³/mol. The lowest BCUT2D eigenvalue weighted by molar-refractivity contribution is 0.234. The fraction of sp³-hybridized carbons (Fsp3) is 0.556. The Bertz CT molecular complexity index is 344. The van der Waals surface area contributed by atoms with E-state index in [0.717, 1.165) is 32.0 Å². The molecule has 0 N–H and O–H groups in total. The van der Waals surface area contributed by atoms with Gasteiger partial charge in [0, 0.05) is 6.54 Å². The summed E-state index contributed by atoms with van der Waals surface area (Å²) in [5, 5.41) is 4.11. The first kappa shape index (κ1) is 8.27. The number of hydrogen-bond donors (Lipinski definition) is 0. The van der Waals surface area contributed by atoms with Crippen LogP contribution in [0.2, 0.25) is 0 Å². The molecule has 0 aromatic carbocycles. The Labute approximate surface area is 77.6 Å². The van der Waals surface area contributed by atoms with Gasteiger partial charge in [-0.2, -0.15) is 5.10 Å². The summed E-state index contributed by atoms with van der Waals surface area (Å²) >= 11 is 0. The maximum atomic E-state index is 4.18. The van der Waals surface area contributed by atoms with E-state index in [1.807, 2.05) is 11.6 Å². The van der Waals surface area contributed by atoms with E-state index in [4.69, 9.17) is 0 Å². The molecule has 4 nitrogen and oxygen atoms in total. The minimum atomic E-state index is 0.837. The van der Waals surface area contributed by atoms with Crippen molar-refractivity contribution in [3.63, 3.8) is 0 Å². The molecular formula is C9H12N4. The van der Waals surface area contributed by atoms with Gasteiger partial charge in [-0.1, -0.05) is 5.92 Å². The third kappa shape index (κ3) is 1.70. The van der Waals surface area contributed by atoms with Gasteiger partial charge in [0.25, 0.3) is 0 Å². The van der Waals surface area contributed by atoms with Crippen molar-refractivity contribution >= 4 is 0 Å². The van der Waals surface area contributed by atoms with Gasteiger partial charge in [-0.25, -0.2) is 9.67 Å². The molecule has 68 valence electrons. The second kappa shape index (κ2) is 3.58.